The Morgan fingerprint density at radius 3 is 2.12 bits per heavy atom. The summed E-state index contributed by atoms with van der Waals surface area (Å²) < 4.78 is 0. The van der Waals surface area contributed by atoms with Gasteiger partial charge in [-0.3, -0.25) is 4.79 Å². The van der Waals surface area contributed by atoms with Gasteiger partial charge in [-0.25, -0.2) is 0 Å². The molecule has 126 valence electrons. The second-order valence-electron chi connectivity index (χ2n) is 5.71. The first-order valence-electron chi connectivity index (χ1n) is 7.76. The summed E-state index contributed by atoms with van der Waals surface area (Å²) in [7, 11) is 0. The van der Waals surface area contributed by atoms with Crippen LogP contribution in [0.15, 0.2) is 59.8 Å². The molecule has 5 heteroatoms. The molecular weight excluding hydrogens is 322 g/mol. The molecule has 0 radical (unpaired) electrons. The number of hydrogen-bond acceptors (Lipinski definition) is 4. The Bertz CT molecular complexity index is 696. The van der Waals surface area contributed by atoms with E-state index in [1.54, 1.807) is 0 Å². The Labute approximate surface area is 146 Å². The van der Waals surface area contributed by atoms with Gasteiger partial charge in [0, 0.05) is 6.42 Å². The van der Waals surface area contributed by atoms with E-state index < -0.39 is 11.2 Å². The van der Waals surface area contributed by atoms with Crippen molar-refractivity contribution < 1.29 is 15.1 Å². The van der Waals surface area contributed by atoms with Crippen LogP contribution in [0.4, 0.5) is 0 Å². The van der Waals surface area contributed by atoms with E-state index >= 15 is 0 Å². The van der Waals surface area contributed by atoms with Crippen molar-refractivity contribution >= 4 is 23.4 Å². The van der Waals surface area contributed by atoms with Crippen molar-refractivity contribution in [2.24, 2.45) is 5.16 Å². The number of benzene rings is 2. The topological polar surface area (TPSA) is 69.9 Å². The molecule has 1 atom stereocenters. The normalized spacial score (nSPS) is 13.0. The Morgan fingerprint density at radius 2 is 1.62 bits per heavy atom. The summed E-state index contributed by atoms with van der Waals surface area (Å²) in [5.41, 5.74) is 3.27. The highest BCUT2D eigenvalue weighted by Gasteiger charge is 2.23. The number of hydrogen-bond donors (Lipinski definition) is 2. The standard InChI is InChI=1S/C19H21NO3S/c1-13(2)24-18(19(21)22)12-17(20-23)16-10-8-15(9-11-16)14-6-4-3-5-7-14/h3-11,13,18,23H,12H2,1-2H3,(H,21,22). The van der Waals surface area contributed by atoms with E-state index in [0.29, 0.717) is 5.71 Å². The lowest BCUT2D eigenvalue weighted by atomic mass is 10.0. The lowest BCUT2D eigenvalue weighted by Gasteiger charge is -2.15. The van der Waals surface area contributed by atoms with Gasteiger partial charge < -0.3 is 10.3 Å². The lowest BCUT2D eigenvalue weighted by Crippen LogP contribution is -2.22. The first-order chi connectivity index (χ1) is 11.5. The summed E-state index contributed by atoms with van der Waals surface area (Å²) in [6.07, 6.45) is 0.180. The van der Waals surface area contributed by atoms with E-state index in [1.165, 1.54) is 11.8 Å². The van der Waals surface area contributed by atoms with Gasteiger partial charge in [0.2, 0.25) is 0 Å². The van der Waals surface area contributed by atoms with Crippen molar-refractivity contribution in [3.05, 3.63) is 60.2 Å². The zero-order valence-electron chi connectivity index (χ0n) is 13.7. The van der Waals surface area contributed by atoms with E-state index in [1.807, 2.05) is 68.4 Å². The maximum absolute atomic E-state index is 11.4. The molecule has 1 unspecified atom stereocenters. The highest BCUT2D eigenvalue weighted by molar-refractivity contribution is 8.01. The molecule has 4 nitrogen and oxygen atoms in total. The van der Waals surface area contributed by atoms with Crippen molar-refractivity contribution in [2.75, 3.05) is 0 Å². The maximum atomic E-state index is 11.4. The van der Waals surface area contributed by atoms with Gasteiger partial charge in [-0.05, 0) is 21.9 Å². The average molecular weight is 343 g/mol. The van der Waals surface area contributed by atoms with Crippen molar-refractivity contribution in [2.45, 2.75) is 30.8 Å². The monoisotopic (exact) mass is 343 g/mol. The van der Waals surface area contributed by atoms with Gasteiger partial charge in [0.1, 0.15) is 5.25 Å². The largest absolute Gasteiger partial charge is 0.480 e. The van der Waals surface area contributed by atoms with Gasteiger partial charge in [0.25, 0.3) is 0 Å². The van der Waals surface area contributed by atoms with Crippen molar-refractivity contribution in [3.8, 4) is 11.1 Å². The molecule has 0 saturated carbocycles. The van der Waals surface area contributed by atoms with Gasteiger partial charge in [-0.1, -0.05) is 73.6 Å². The second kappa shape index (κ2) is 8.55. The first-order valence-corrected chi connectivity index (χ1v) is 8.70. The number of thioether (sulfide) groups is 1. The zero-order chi connectivity index (χ0) is 17.5. The second-order valence-corrected chi connectivity index (χ2v) is 7.49. The molecular formula is C19H21NO3S. The quantitative estimate of drug-likeness (QED) is 0.441. The molecule has 2 rings (SSSR count). The summed E-state index contributed by atoms with van der Waals surface area (Å²) >= 11 is 1.35. The molecule has 24 heavy (non-hydrogen) atoms. The number of rotatable bonds is 7. The SMILES string of the molecule is CC(C)SC(CC(=NO)c1ccc(-c2ccccc2)cc1)C(=O)O. The average Bonchev–Trinajstić information content (AvgIpc) is 2.59. The van der Waals surface area contributed by atoms with E-state index in [0.717, 1.165) is 16.7 Å². The van der Waals surface area contributed by atoms with Crippen LogP contribution in [0.2, 0.25) is 0 Å². The fraction of sp³-hybridized carbons (Fsp3) is 0.263. The molecule has 0 aliphatic heterocycles. The van der Waals surface area contributed by atoms with Gasteiger partial charge in [-0.2, -0.15) is 0 Å². The van der Waals surface area contributed by atoms with Gasteiger partial charge in [-0.15, -0.1) is 11.8 Å². The number of oxime groups is 1. The molecule has 0 saturated heterocycles. The first kappa shape index (κ1) is 18.1. The van der Waals surface area contributed by atoms with E-state index in [4.69, 9.17) is 0 Å². The van der Waals surface area contributed by atoms with Crippen LogP contribution in [0.5, 0.6) is 0 Å². The van der Waals surface area contributed by atoms with E-state index in [2.05, 4.69) is 5.16 Å². The maximum Gasteiger partial charge on any atom is 0.317 e. The molecule has 2 N–H and O–H groups in total. The Kier molecular flexibility index (Phi) is 6.44. The Hall–Kier alpha value is -2.27. The van der Waals surface area contributed by atoms with Crippen molar-refractivity contribution in [1.82, 2.24) is 0 Å². The minimum absolute atomic E-state index is 0.180. The summed E-state index contributed by atoms with van der Waals surface area (Å²) in [5.74, 6) is -0.893. The summed E-state index contributed by atoms with van der Waals surface area (Å²) in [6.45, 7) is 3.90. The highest BCUT2D eigenvalue weighted by atomic mass is 32.2. The number of carboxylic acids is 1. The van der Waals surface area contributed by atoms with Gasteiger partial charge in [0.05, 0.1) is 5.71 Å². The molecule has 2 aromatic rings. The molecule has 0 amide bonds. The predicted octanol–water partition coefficient (Wildman–Crippen LogP) is 4.52. The number of aliphatic carboxylic acids is 1. The third-order valence-electron chi connectivity index (χ3n) is 3.54. The molecule has 0 spiro atoms. The van der Waals surface area contributed by atoms with Crippen LogP contribution >= 0.6 is 11.8 Å². The molecule has 0 aromatic heterocycles. The van der Waals surface area contributed by atoms with Crippen LogP contribution in [-0.4, -0.2) is 32.5 Å². The van der Waals surface area contributed by atoms with Crippen LogP contribution in [-0.2, 0) is 4.79 Å². The third kappa shape index (κ3) is 4.86. The van der Waals surface area contributed by atoms with Crippen molar-refractivity contribution in [3.63, 3.8) is 0 Å². The minimum Gasteiger partial charge on any atom is -0.480 e. The number of nitrogens with zero attached hydrogens (tertiary/aromatic N) is 1. The summed E-state index contributed by atoms with van der Waals surface area (Å²) in [6, 6.07) is 17.6. The fourth-order valence-electron chi connectivity index (χ4n) is 2.40. The summed E-state index contributed by atoms with van der Waals surface area (Å²) in [5, 5.41) is 21.5. The van der Waals surface area contributed by atoms with E-state index in [9.17, 15) is 15.1 Å². The molecule has 0 aliphatic rings. The van der Waals surface area contributed by atoms with Crippen molar-refractivity contribution in [1.29, 1.82) is 0 Å². The Morgan fingerprint density at radius 1 is 1.04 bits per heavy atom. The van der Waals surface area contributed by atoms with Gasteiger partial charge in [0.15, 0.2) is 0 Å². The number of carbonyl (C=O) groups is 1. The predicted molar refractivity (Wildman–Crippen MR) is 99.0 cm³/mol. The van der Waals surface area contributed by atoms with Crippen LogP contribution < -0.4 is 0 Å². The highest BCUT2D eigenvalue weighted by Crippen LogP contribution is 2.24. The van der Waals surface area contributed by atoms with E-state index in [-0.39, 0.29) is 11.7 Å². The fourth-order valence-corrected chi connectivity index (χ4v) is 3.43. The third-order valence-corrected chi connectivity index (χ3v) is 4.78. The number of carboxylic acid groups (broad SMARTS) is 1. The van der Waals surface area contributed by atoms with Gasteiger partial charge >= 0.3 is 5.97 Å². The lowest BCUT2D eigenvalue weighted by molar-refractivity contribution is -0.136. The van der Waals surface area contributed by atoms with Crippen LogP contribution in [0.1, 0.15) is 25.8 Å². The molecule has 0 aliphatic carbocycles. The molecule has 0 fully saturated rings. The Balaban J connectivity index is 2.17. The molecule has 0 heterocycles. The molecule has 0 bridgehead atoms. The zero-order valence-corrected chi connectivity index (χ0v) is 14.5. The minimum atomic E-state index is -0.893. The van der Waals surface area contributed by atoms with Crippen LogP contribution in [0.3, 0.4) is 0 Å². The summed E-state index contributed by atoms with van der Waals surface area (Å²) in [4.78, 5) is 11.4. The smallest absolute Gasteiger partial charge is 0.317 e. The molecule has 2 aromatic carbocycles. The van der Waals surface area contributed by atoms with Crippen LogP contribution in [0.25, 0.3) is 11.1 Å². The van der Waals surface area contributed by atoms with Crippen LogP contribution in [0, 0.1) is 0 Å².